The van der Waals surface area contributed by atoms with Crippen molar-refractivity contribution in [2.45, 2.75) is 32.2 Å². The molecule has 2 aromatic rings. The van der Waals surface area contributed by atoms with E-state index >= 15 is 0 Å². The van der Waals surface area contributed by atoms with Crippen LogP contribution in [0.1, 0.15) is 23.8 Å². The second-order valence-electron chi connectivity index (χ2n) is 4.62. The lowest BCUT2D eigenvalue weighted by molar-refractivity contribution is 0.507. The molecule has 0 aliphatic rings. The van der Waals surface area contributed by atoms with E-state index in [-0.39, 0.29) is 0 Å². The van der Waals surface area contributed by atoms with Gasteiger partial charge in [-0.05, 0) is 71.6 Å². The fourth-order valence-corrected chi connectivity index (χ4v) is 3.64. The molecular formula is C15H19BrN2S. The number of nitrogens with one attached hydrogen (secondary N) is 1. The second-order valence-corrected chi connectivity index (χ2v) is 7.17. The predicted octanol–water partition coefficient (Wildman–Crippen LogP) is 4.06. The zero-order valence-electron chi connectivity index (χ0n) is 11.1. The molecule has 0 aromatic carbocycles. The predicted molar refractivity (Wildman–Crippen MR) is 85.7 cm³/mol. The van der Waals surface area contributed by atoms with E-state index in [0.717, 1.165) is 19.4 Å². The molecule has 2 nitrogen and oxygen atoms in total. The van der Waals surface area contributed by atoms with E-state index in [1.54, 1.807) is 0 Å². The average Bonchev–Trinajstić information content (AvgIpc) is 2.82. The van der Waals surface area contributed by atoms with E-state index in [2.05, 4.69) is 57.4 Å². The minimum Gasteiger partial charge on any atom is -0.313 e. The molecule has 2 rings (SSSR count). The Bertz CT molecular complexity index is 484. The molecule has 102 valence electrons. The van der Waals surface area contributed by atoms with Gasteiger partial charge in [-0.3, -0.25) is 4.98 Å². The largest absolute Gasteiger partial charge is 0.313 e. The number of hydrogen-bond donors (Lipinski definition) is 1. The van der Waals surface area contributed by atoms with Crippen LogP contribution in [0.5, 0.6) is 0 Å². The lowest BCUT2D eigenvalue weighted by Crippen LogP contribution is -2.33. The normalized spacial score (nSPS) is 12.5. The highest BCUT2D eigenvalue weighted by molar-refractivity contribution is 9.11. The fraction of sp³-hybridized carbons (Fsp3) is 0.400. The number of pyridine rings is 1. The molecule has 1 N–H and O–H groups in total. The number of hydrogen-bond acceptors (Lipinski definition) is 3. The molecule has 0 fully saturated rings. The maximum Gasteiger partial charge on any atom is 0.0701 e. The van der Waals surface area contributed by atoms with Crippen molar-refractivity contribution in [3.05, 3.63) is 50.9 Å². The van der Waals surface area contributed by atoms with Crippen LogP contribution in [-0.4, -0.2) is 17.6 Å². The van der Waals surface area contributed by atoms with E-state index in [1.807, 2.05) is 23.7 Å². The molecule has 0 bridgehead atoms. The second kappa shape index (κ2) is 7.78. The average molecular weight is 339 g/mol. The van der Waals surface area contributed by atoms with Gasteiger partial charge in [-0.2, -0.15) is 0 Å². The Morgan fingerprint density at radius 3 is 2.63 bits per heavy atom. The first-order valence-corrected chi connectivity index (χ1v) is 8.25. The van der Waals surface area contributed by atoms with Gasteiger partial charge in [0.05, 0.1) is 3.79 Å². The van der Waals surface area contributed by atoms with Crippen LogP contribution in [0.15, 0.2) is 40.4 Å². The lowest BCUT2D eigenvalue weighted by atomic mass is 10.0. The van der Waals surface area contributed by atoms with E-state index < -0.39 is 0 Å². The van der Waals surface area contributed by atoms with Gasteiger partial charge in [-0.15, -0.1) is 11.3 Å². The molecule has 0 amide bonds. The number of nitrogens with zero attached hydrogens (tertiary/aromatic N) is 1. The minimum absolute atomic E-state index is 0.493. The third-order valence-electron chi connectivity index (χ3n) is 2.99. The van der Waals surface area contributed by atoms with Crippen molar-refractivity contribution in [1.82, 2.24) is 10.3 Å². The zero-order chi connectivity index (χ0) is 13.5. The molecule has 4 heteroatoms. The Morgan fingerprint density at radius 2 is 2.00 bits per heavy atom. The van der Waals surface area contributed by atoms with E-state index in [4.69, 9.17) is 0 Å². The van der Waals surface area contributed by atoms with Crippen LogP contribution >= 0.6 is 27.3 Å². The van der Waals surface area contributed by atoms with Crippen molar-refractivity contribution in [3.8, 4) is 0 Å². The number of halogens is 1. The third-order valence-corrected chi connectivity index (χ3v) is 4.64. The van der Waals surface area contributed by atoms with Gasteiger partial charge < -0.3 is 5.32 Å². The van der Waals surface area contributed by atoms with Crippen LogP contribution in [0, 0.1) is 0 Å². The molecule has 1 atom stereocenters. The van der Waals surface area contributed by atoms with Crippen molar-refractivity contribution in [1.29, 1.82) is 0 Å². The van der Waals surface area contributed by atoms with Crippen LogP contribution in [0.2, 0.25) is 0 Å². The molecular weight excluding hydrogens is 320 g/mol. The Morgan fingerprint density at radius 1 is 1.21 bits per heavy atom. The molecule has 2 aromatic heterocycles. The van der Waals surface area contributed by atoms with Crippen molar-refractivity contribution < 1.29 is 0 Å². The Kier molecular flexibility index (Phi) is 6.01. The highest BCUT2D eigenvalue weighted by Gasteiger charge is 2.11. The topological polar surface area (TPSA) is 24.9 Å². The van der Waals surface area contributed by atoms with E-state index in [9.17, 15) is 0 Å². The van der Waals surface area contributed by atoms with Crippen molar-refractivity contribution in [2.24, 2.45) is 0 Å². The first-order chi connectivity index (χ1) is 9.28. The maximum absolute atomic E-state index is 4.08. The molecule has 0 aliphatic heterocycles. The van der Waals surface area contributed by atoms with Crippen LogP contribution in [-0.2, 0) is 12.8 Å². The van der Waals surface area contributed by atoms with Crippen molar-refractivity contribution in [2.75, 3.05) is 6.54 Å². The van der Waals surface area contributed by atoms with Crippen molar-refractivity contribution in [3.63, 3.8) is 0 Å². The number of aromatic nitrogens is 1. The van der Waals surface area contributed by atoms with Gasteiger partial charge in [0.2, 0.25) is 0 Å². The van der Waals surface area contributed by atoms with Crippen molar-refractivity contribution >= 4 is 27.3 Å². The summed E-state index contributed by atoms with van der Waals surface area (Å²) in [5, 5.41) is 3.65. The van der Waals surface area contributed by atoms with Crippen LogP contribution < -0.4 is 5.32 Å². The Labute approximate surface area is 127 Å². The lowest BCUT2D eigenvalue weighted by Gasteiger charge is -2.17. The van der Waals surface area contributed by atoms with Gasteiger partial charge in [0.25, 0.3) is 0 Å². The van der Waals surface area contributed by atoms with Gasteiger partial charge >= 0.3 is 0 Å². The monoisotopic (exact) mass is 338 g/mol. The highest BCUT2D eigenvalue weighted by Crippen LogP contribution is 2.23. The minimum atomic E-state index is 0.493. The summed E-state index contributed by atoms with van der Waals surface area (Å²) in [6, 6.07) is 9.04. The first kappa shape index (κ1) is 14.7. The summed E-state index contributed by atoms with van der Waals surface area (Å²) in [6.45, 7) is 3.28. The zero-order valence-corrected chi connectivity index (χ0v) is 13.5. The quantitative estimate of drug-likeness (QED) is 0.823. The standard InChI is InChI=1S/C15H19BrN2S/c1-2-7-18-13(10-12-5-8-17-9-6-12)11-14-3-4-15(16)19-14/h3-6,8-9,13,18H,2,7,10-11H2,1H3. The van der Waals surface area contributed by atoms with Crippen LogP contribution in [0.4, 0.5) is 0 Å². The van der Waals surface area contributed by atoms with Gasteiger partial charge in [0.15, 0.2) is 0 Å². The summed E-state index contributed by atoms with van der Waals surface area (Å²) in [6.07, 6.45) is 7.04. The van der Waals surface area contributed by atoms with Gasteiger partial charge in [0.1, 0.15) is 0 Å². The molecule has 0 saturated heterocycles. The molecule has 1 unspecified atom stereocenters. The van der Waals surface area contributed by atoms with E-state index in [0.29, 0.717) is 6.04 Å². The summed E-state index contributed by atoms with van der Waals surface area (Å²) in [5.74, 6) is 0. The Hall–Kier alpha value is -0.710. The summed E-state index contributed by atoms with van der Waals surface area (Å²) >= 11 is 5.36. The number of thiophene rings is 1. The maximum atomic E-state index is 4.08. The summed E-state index contributed by atoms with van der Waals surface area (Å²) in [5.41, 5.74) is 1.35. The fourth-order valence-electron chi connectivity index (χ4n) is 2.07. The highest BCUT2D eigenvalue weighted by atomic mass is 79.9. The molecule has 19 heavy (non-hydrogen) atoms. The summed E-state index contributed by atoms with van der Waals surface area (Å²) < 4.78 is 1.21. The van der Waals surface area contributed by atoms with Crippen LogP contribution in [0.25, 0.3) is 0 Å². The van der Waals surface area contributed by atoms with Gasteiger partial charge in [-0.1, -0.05) is 6.92 Å². The van der Waals surface area contributed by atoms with E-state index in [1.165, 1.54) is 20.6 Å². The third kappa shape index (κ3) is 5.05. The molecule has 0 saturated carbocycles. The first-order valence-electron chi connectivity index (χ1n) is 6.64. The SMILES string of the molecule is CCCNC(Cc1ccncc1)Cc1ccc(Br)s1. The number of rotatable bonds is 7. The summed E-state index contributed by atoms with van der Waals surface area (Å²) in [7, 11) is 0. The van der Waals surface area contributed by atoms with Crippen LogP contribution in [0.3, 0.4) is 0 Å². The molecule has 0 aliphatic carbocycles. The molecule has 0 radical (unpaired) electrons. The van der Waals surface area contributed by atoms with Gasteiger partial charge in [-0.25, -0.2) is 0 Å². The summed E-state index contributed by atoms with van der Waals surface area (Å²) in [4.78, 5) is 5.50. The smallest absolute Gasteiger partial charge is 0.0701 e. The molecule has 0 spiro atoms. The Balaban J connectivity index is 1.99. The molecule has 2 heterocycles. The van der Waals surface area contributed by atoms with Gasteiger partial charge in [0, 0.05) is 23.3 Å².